The fourth-order valence-electron chi connectivity index (χ4n) is 2.39. The van der Waals surface area contributed by atoms with Crippen molar-refractivity contribution >= 4 is 23.1 Å². The molecule has 2 heterocycles. The molecule has 0 fully saturated rings. The highest BCUT2D eigenvalue weighted by molar-refractivity contribution is 7.12. The standard InChI is InChI=1S/C19H22N4O2S/c1-5-25-15-8-6-14(7-9-15)16-11-26-19(20-16)23-17(10-13(4)22-23)21-18(24)12(2)3/h6-12H,5H2,1-4H3,(H,21,24). The molecule has 0 spiro atoms. The normalized spacial score (nSPS) is 11.0. The fourth-order valence-corrected chi connectivity index (χ4v) is 3.18. The largest absolute Gasteiger partial charge is 0.494 e. The summed E-state index contributed by atoms with van der Waals surface area (Å²) in [4.78, 5) is 16.7. The van der Waals surface area contributed by atoms with Crippen LogP contribution in [0.1, 0.15) is 26.5 Å². The zero-order chi connectivity index (χ0) is 18.7. The lowest BCUT2D eigenvalue weighted by atomic mass is 10.2. The lowest BCUT2D eigenvalue weighted by Crippen LogP contribution is -2.19. The minimum absolute atomic E-state index is 0.0468. The van der Waals surface area contributed by atoms with Crippen molar-refractivity contribution in [3.8, 4) is 22.1 Å². The van der Waals surface area contributed by atoms with Gasteiger partial charge in [0.15, 0.2) is 0 Å². The Kier molecular flexibility index (Phi) is 5.37. The van der Waals surface area contributed by atoms with Crippen LogP contribution in [0.25, 0.3) is 16.4 Å². The minimum atomic E-state index is -0.102. The number of carbonyl (C=O) groups excluding carboxylic acids is 1. The first-order valence-electron chi connectivity index (χ1n) is 8.54. The molecule has 3 rings (SSSR count). The van der Waals surface area contributed by atoms with E-state index in [1.165, 1.54) is 11.3 Å². The van der Waals surface area contributed by atoms with Gasteiger partial charge in [-0.3, -0.25) is 4.79 Å². The van der Waals surface area contributed by atoms with Crippen molar-refractivity contribution in [3.63, 3.8) is 0 Å². The van der Waals surface area contributed by atoms with Crippen LogP contribution in [0.15, 0.2) is 35.7 Å². The highest BCUT2D eigenvalue weighted by atomic mass is 32.1. The summed E-state index contributed by atoms with van der Waals surface area (Å²) in [6.07, 6.45) is 0. The van der Waals surface area contributed by atoms with Gasteiger partial charge in [-0.25, -0.2) is 4.98 Å². The molecule has 7 heteroatoms. The first-order chi connectivity index (χ1) is 12.5. The van der Waals surface area contributed by atoms with Crippen molar-refractivity contribution in [3.05, 3.63) is 41.4 Å². The molecular weight excluding hydrogens is 348 g/mol. The second-order valence-corrected chi connectivity index (χ2v) is 7.04. The molecule has 3 aromatic rings. The maximum Gasteiger partial charge on any atom is 0.228 e. The van der Waals surface area contributed by atoms with Gasteiger partial charge in [-0.2, -0.15) is 9.78 Å². The number of rotatable bonds is 6. The van der Waals surface area contributed by atoms with Crippen LogP contribution in [0, 0.1) is 12.8 Å². The summed E-state index contributed by atoms with van der Waals surface area (Å²) in [5.41, 5.74) is 2.69. The van der Waals surface area contributed by atoms with Gasteiger partial charge < -0.3 is 10.1 Å². The summed E-state index contributed by atoms with van der Waals surface area (Å²) in [5, 5.41) is 10.1. The lowest BCUT2D eigenvalue weighted by Gasteiger charge is -2.08. The maximum atomic E-state index is 12.0. The number of aromatic nitrogens is 3. The number of amides is 1. The average molecular weight is 370 g/mol. The van der Waals surface area contributed by atoms with E-state index in [9.17, 15) is 4.79 Å². The van der Waals surface area contributed by atoms with Crippen LogP contribution in [0.2, 0.25) is 0 Å². The molecule has 0 saturated carbocycles. The number of hydrogen-bond donors (Lipinski definition) is 1. The van der Waals surface area contributed by atoms with Crippen molar-refractivity contribution in [2.45, 2.75) is 27.7 Å². The van der Waals surface area contributed by atoms with Gasteiger partial charge in [-0.15, -0.1) is 11.3 Å². The smallest absolute Gasteiger partial charge is 0.228 e. The SMILES string of the molecule is CCOc1ccc(-c2csc(-n3nc(C)cc3NC(=O)C(C)C)n2)cc1. The Morgan fingerprint density at radius 1 is 1.31 bits per heavy atom. The highest BCUT2D eigenvalue weighted by Crippen LogP contribution is 2.27. The van der Waals surface area contributed by atoms with Gasteiger partial charge >= 0.3 is 0 Å². The molecule has 0 unspecified atom stereocenters. The number of benzene rings is 1. The Morgan fingerprint density at radius 2 is 2.04 bits per heavy atom. The summed E-state index contributed by atoms with van der Waals surface area (Å²) < 4.78 is 7.15. The Morgan fingerprint density at radius 3 is 2.69 bits per heavy atom. The summed E-state index contributed by atoms with van der Waals surface area (Å²) in [6.45, 7) is 8.21. The molecule has 26 heavy (non-hydrogen) atoms. The number of hydrogen-bond acceptors (Lipinski definition) is 5. The lowest BCUT2D eigenvalue weighted by molar-refractivity contribution is -0.118. The number of aryl methyl sites for hydroxylation is 1. The van der Waals surface area contributed by atoms with Gasteiger partial charge in [0.1, 0.15) is 11.6 Å². The van der Waals surface area contributed by atoms with E-state index in [4.69, 9.17) is 4.74 Å². The van der Waals surface area contributed by atoms with E-state index in [0.29, 0.717) is 17.6 Å². The van der Waals surface area contributed by atoms with Crippen LogP contribution >= 0.6 is 11.3 Å². The van der Waals surface area contributed by atoms with Crippen LogP contribution in [0.4, 0.5) is 5.82 Å². The molecule has 0 aliphatic heterocycles. The number of ether oxygens (including phenoxy) is 1. The maximum absolute atomic E-state index is 12.0. The molecule has 0 saturated heterocycles. The third-order valence-electron chi connectivity index (χ3n) is 3.74. The molecule has 1 aromatic carbocycles. The Labute approximate surface area is 156 Å². The van der Waals surface area contributed by atoms with Crippen molar-refractivity contribution in [2.75, 3.05) is 11.9 Å². The van der Waals surface area contributed by atoms with E-state index >= 15 is 0 Å². The van der Waals surface area contributed by atoms with Gasteiger partial charge in [0.2, 0.25) is 11.0 Å². The second-order valence-electron chi connectivity index (χ2n) is 6.20. The van der Waals surface area contributed by atoms with Crippen LogP contribution < -0.4 is 10.1 Å². The monoisotopic (exact) mass is 370 g/mol. The average Bonchev–Trinajstić information content (AvgIpc) is 3.22. The number of nitrogens with one attached hydrogen (secondary N) is 1. The third kappa shape index (κ3) is 3.94. The molecule has 0 aliphatic rings. The topological polar surface area (TPSA) is 69.0 Å². The number of carbonyl (C=O) groups is 1. The van der Waals surface area contributed by atoms with Crippen molar-refractivity contribution in [1.29, 1.82) is 0 Å². The second kappa shape index (κ2) is 7.70. The first kappa shape index (κ1) is 18.1. The fraction of sp³-hybridized carbons (Fsp3) is 0.316. The molecule has 1 amide bonds. The molecule has 0 radical (unpaired) electrons. The molecule has 0 bridgehead atoms. The predicted octanol–water partition coefficient (Wildman–Crippen LogP) is 4.30. The zero-order valence-electron chi connectivity index (χ0n) is 15.3. The van der Waals surface area contributed by atoms with Crippen LogP contribution in [-0.4, -0.2) is 27.3 Å². The Balaban J connectivity index is 1.87. The molecule has 136 valence electrons. The molecule has 1 N–H and O–H groups in total. The van der Waals surface area contributed by atoms with E-state index in [1.54, 1.807) is 4.68 Å². The Bertz CT molecular complexity index is 897. The Hall–Kier alpha value is -2.67. The summed E-state index contributed by atoms with van der Waals surface area (Å²) in [6, 6.07) is 9.69. The van der Waals surface area contributed by atoms with E-state index < -0.39 is 0 Å². The van der Waals surface area contributed by atoms with Crippen LogP contribution in [-0.2, 0) is 4.79 Å². The quantitative estimate of drug-likeness (QED) is 0.702. The van der Waals surface area contributed by atoms with Gasteiger partial charge in [0, 0.05) is 22.9 Å². The van der Waals surface area contributed by atoms with E-state index in [-0.39, 0.29) is 11.8 Å². The molecule has 6 nitrogen and oxygen atoms in total. The van der Waals surface area contributed by atoms with Crippen molar-refractivity contribution in [2.24, 2.45) is 5.92 Å². The van der Waals surface area contributed by atoms with E-state index in [1.807, 2.05) is 63.4 Å². The third-order valence-corrected chi connectivity index (χ3v) is 4.56. The van der Waals surface area contributed by atoms with Crippen LogP contribution in [0.5, 0.6) is 5.75 Å². The number of anilines is 1. The molecule has 0 atom stereocenters. The van der Waals surface area contributed by atoms with Gasteiger partial charge in [-0.1, -0.05) is 13.8 Å². The molecule has 0 aliphatic carbocycles. The minimum Gasteiger partial charge on any atom is -0.494 e. The predicted molar refractivity (Wildman–Crippen MR) is 104 cm³/mol. The van der Waals surface area contributed by atoms with Gasteiger partial charge in [-0.05, 0) is 38.1 Å². The van der Waals surface area contributed by atoms with Crippen molar-refractivity contribution < 1.29 is 9.53 Å². The summed E-state index contributed by atoms with van der Waals surface area (Å²) in [7, 11) is 0. The molecule has 2 aromatic heterocycles. The first-order valence-corrected chi connectivity index (χ1v) is 9.42. The van der Waals surface area contributed by atoms with Gasteiger partial charge in [0.05, 0.1) is 18.0 Å². The molecular formula is C19H22N4O2S. The number of nitrogens with zero attached hydrogens (tertiary/aromatic N) is 3. The van der Waals surface area contributed by atoms with E-state index in [2.05, 4.69) is 15.4 Å². The van der Waals surface area contributed by atoms with Crippen molar-refractivity contribution in [1.82, 2.24) is 14.8 Å². The van der Waals surface area contributed by atoms with Crippen LogP contribution in [0.3, 0.4) is 0 Å². The number of thiazole rings is 1. The zero-order valence-corrected chi connectivity index (χ0v) is 16.1. The summed E-state index contributed by atoms with van der Waals surface area (Å²) >= 11 is 1.48. The highest BCUT2D eigenvalue weighted by Gasteiger charge is 2.16. The summed E-state index contributed by atoms with van der Waals surface area (Å²) in [5.74, 6) is 1.32. The van der Waals surface area contributed by atoms with E-state index in [0.717, 1.165) is 22.7 Å². The van der Waals surface area contributed by atoms with Gasteiger partial charge in [0.25, 0.3) is 0 Å².